The molecule has 16 heavy (non-hydrogen) atoms. The average molecular weight is 275 g/mol. The van der Waals surface area contributed by atoms with Crippen LogP contribution in [0.2, 0.25) is 0 Å². The van der Waals surface area contributed by atoms with Gasteiger partial charge in [0.05, 0.1) is 0 Å². The number of para-hydroxylation sites is 2. The predicted molar refractivity (Wildman–Crippen MR) is 63.1 cm³/mol. The third-order valence-electron chi connectivity index (χ3n) is 2.44. The Morgan fingerprint density at radius 1 is 0.750 bits per heavy atom. The summed E-state index contributed by atoms with van der Waals surface area (Å²) in [4.78, 5) is 0. The van der Waals surface area contributed by atoms with Crippen LogP contribution in [0.5, 0.6) is 11.5 Å². The molecule has 0 aliphatic carbocycles. The Morgan fingerprint density at radius 3 is 1.69 bits per heavy atom. The minimum atomic E-state index is -2.18. The second kappa shape index (κ2) is 3.85. The van der Waals surface area contributed by atoms with E-state index < -0.39 is 15.6 Å². The Hall–Kier alpha value is -1.44. The summed E-state index contributed by atoms with van der Waals surface area (Å²) >= 11 is -2.18. The van der Waals surface area contributed by atoms with E-state index in [2.05, 4.69) is 0 Å². The van der Waals surface area contributed by atoms with Crippen molar-refractivity contribution >= 4 is 15.6 Å². The molecule has 1 heterocycles. The summed E-state index contributed by atoms with van der Waals surface area (Å²) in [6, 6.07) is 15.7. The molecule has 0 saturated carbocycles. The number of benzene rings is 2. The molecule has 3 rings (SSSR count). The van der Waals surface area contributed by atoms with Crippen LogP contribution in [0.25, 0.3) is 11.1 Å². The number of fused-ring (bicyclic) bond motifs is 3. The Kier molecular flexibility index (Phi) is 2.35. The molecule has 0 bridgehead atoms. The molecule has 0 amide bonds. The van der Waals surface area contributed by atoms with Crippen LogP contribution >= 0.6 is 0 Å². The molecular formula is C12H10AsNO2. The number of nitrogens with two attached hydrogens (primary N) is 1. The molecule has 0 saturated heterocycles. The fourth-order valence-electron chi connectivity index (χ4n) is 1.75. The zero-order chi connectivity index (χ0) is 11.0. The van der Waals surface area contributed by atoms with Gasteiger partial charge in [0.25, 0.3) is 0 Å². The van der Waals surface area contributed by atoms with Gasteiger partial charge in [0, 0.05) is 0 Å². The number of rotatable bonds is 0. The van der Waals surface area contributed by atoms with Gasteiger partial charge in [0.2, 0.25) is 0 Å². The van der Waals surface area contributed by atoms with Crippen molar-refractivity contribution in [1.82, 2.24) is 0 Å². The van der Waals surface area contributed by atoms with Gasteiger partial charge in [-0.25, -0.2) is 0 Å². The first-order chi connectivity index (χ1) is 7.84. The zero-order valence-corrected chi connectivity index (χ0v) is 10.3. The summed E-state index contributed by atoms with van der Waals surface area (Å²) in [5, 5.41) is 0. The molecule has 1 aliphatic rings. The Labute approximate surface area is 99.0 Å². The monoisotopic (exact) mass is 275 g/mol. The molecule has 1 aliphatic heterocycles. The summed E-state index contributed by atoms with van der Waals surface area (Å²) in [7, 11) is 0. The first kappa shape index (κ1) is 9.76. The molecule has 0 atom stereocenters. The van der Waals surface area contributed by atoms with Crippen molar-refractivity contribution in [3.63, 3.8) is 0 Å². The standard InChI is InChI=1S/C12H10AsNO2/c14-13-15-11-7-3-1-5-9(11)10-6-2-4-8-12(10)16-13/h1-8H,14H2. The van der Waals surface area contributed by atoms with Gasteiger partial charge >= 0.3 is 98.8 Å². The van der Waals surface area contributed by atoms with Crippen molar-refractivity contribution in [2.24, 2.45) is 4.65 Å². The van der Waals surface area contributed by atoms with E-state index in [1.165, 1.54) is 0 Å². The van der Waals surface area contributed by atoms with Crippen molar-refractivity contribution in [3.8, 4) is 22.6 Å². The summed E-state index contributed by atoms with van der Waals surface area (Å²) in [6.07, 6.45) is 0. The maximum atomic E-state index is 5.87. The molecular weight excluding hydrogens is 265 g/mol. The molecule has 4 heteroatoms. The van der Waals surface area contributed by atoms with Crippen LogP contribution in [0.1, 0.15) is 0 Å². The average Bonchev–Trinajstić information content (AvgIpc) is 2.44. The summed E-state index contributed by atoms with van der Waals surface area (Å²) in [5.74, 6) is 1.63. The van der Waals surface area contributed by atoms with E-state index in [1.807, 2.05) is 48.5 Å². The van der Waals surface area contributed by atoms with Crippen LogP contribution in [0.15, 0.2) is 48.5 Å². The fraction of sp³-hybridized carbons (Fsp3) is 0. The van der Waals surface area contributed by atoms with Crippen molar-refractivity contribution in [2.75, 3.05) is 0 Å². The first-order valence-corrected chi connectivity index (χ1v) is 7.55. The Morgan fingerprint density at radius 2 is 1.19 bits per heavy atom. The van der Waals surface area contributed by atoms with Crippen molar-refractivity contribution in [3.05, 3.63) is 48.5 Å². The normalized spacial score (nSPS) is 14.1. The number of hydrogen-bond donors (Lipinski definition) is 1. The summed E-state index contributed by atoms with van der Waals surface area (Å²) in [6.45, 7) is 0. The van der Waals surface area contributed by atoms with Crippen LogP contribution in [0.3, 0.4) is 0 Å². The van der Waals surface area contributed by atoms with Gasteiger partial charge in [-0.05, 0) is 0 Å². The van der Waals surface area contributed by atoms with Gasteiger partial charge in [-0.1, -0.05) is 0 Å². The van der Waals surface area contributed by atoms with Crippen LogP contribution in [0.4, 0.5) is 0 Å². The van der Waals surface area contributed by atoms with E-state index in [-0.39, 0.29) is 0 Å². The Balaban J connectivity index is 2.26. The molecule has 0 unspecified atom stereocenters. The van der Waals surface area contributed by atoms with Gasteiger partial charge in [-0.2, -0.15) is 0 Å². The van der Waals surface area contributed by atoms with E-state index in [4.69, 9.17) is 12.1 Å². The molecule has 2 aromatic carbocycles. The maximum absolute atomic E-state index is 5.87. The molecule has 0 radical (unpaired) electrons. The van der Waals surface area contributed by atoms with E-state index in [0.29, 0.717) is 0 Å². The van der Waals surface area contributed by atoms with Gasteiger partial charge in [-0.15, -0.1) is 0 Å². The fourth-order valence-corrected chi connectivity index (χ4v) is 3.31. The van der Waals surface area contributed by atoms with Crippen molar-refractivity contribution < 1.29 is 7.45 Å². The second-order valence-corrected chi connectivity index (χ2v) is 5.42. The van der Waals surface area contributed by atoms with Gasteiger partial charge in [0.15, 0.2) is 0 Å². The molecule has 2 aromatic rings. The number of hydrogen-bond acceptors (Lipinski definition) is 3. The van der Waals surface area contributed by atoms with Crippen LogP contribution in [-0.2, 0) is 0 Å². The van der Waals surface area contributed by atoms with E-state index >= 15 is 0 Å². The zero-order valence-electron chi connectivity index (χ0n) is 8.46. The third-order valence-corrected chi connectivity index (χ3v) is 4.02. The SMILES string of the molecule is N[As]1Oc2ccccc2-c2ccccc2O1. The Bertz CT molecular complexity index is 482. The first-order valence-electron chi connectivity index (χ1n) is 4.94. The van der Waals surface area contributed by atoms with Crippen molar-refractivity contribution in [2.45, 2.75) is 0 Å². The third kappa shape index (κ3) is 1.58. The quantitative estimate of drug-likeness (QED) is 0.748. The molecule has 80 valence electrons. The van der Waals surface area contributed by atoms with Crippen LogP contribution < -0.4 is 12.1 Å². The molecule has 0 spiro atoms. The van der Waals surface area contributed by atoms with Gasteiger partial charge < -0.3 is 0 Å². The second-order valence-electron chi connectivity index (χ2n) is 3.46. The van der Waals surface area contributed by atoms with Crippen molar-refractivity contribution in [1.29, 1.82) is 0 Å². The van der Waals surface area contributed by atoms with E-state index in [0.717, 1.165) is 22.6 Å². The van der Waals surface area contributed by atoms with Gasteiger partial charge in [-0.3, -0.25) is 0 Å². The van der Waals surface area contributed by atoms with E-state index in [9.17, 15) is 0 Å². The van der Waals surface area contributed by atoms with Crippen LogP contribution in [-0.4, -0.2) is 15.6 Å². The topological polar surface area (TPSA) is 44.5 Å². The molecule has 2 N–H and O–H groups in total. The van der Waals surface area contributed by atoms with E-state index in [1.54, 1.807) is 0 Å². The predicted octanol–water partition coefficient (Wildman–Crippen LogP) is 2.07. The van der Waals surface area contributed by atoms with Crippen LogP contribution in [0, 0.1) is 0 Å². The minimum absolute atomic E-state index is 0.815. The molecule has 0 aromatic heterocycles. The summed E-state index contributed by atoms with van der Waals surface area (Å²) in [5.41, 5.74) is 2.08. The summed E-state index contributed by atoms with van der Waals surface area (Å²) < 4.78 is 17.1. The molecule has 3 nitrogen and oxygen atoms in total. The van der Waals surface area contributed by atoms with Gasteiger partial charge in [0.1, 0.15) is 0 Å². The molecule has 0 fully saturated rings.